The minimum absolute atomic E-state index is 0. The van der Waals surface area contributed by atoms with Gasteiger partial charge in [0.1, 0.15) is 5.60 Å². The molecule has 2 aliphatic carbocycles. The van der Waals surface area contributed by atoms with E-state index < -0.39 is 5.60 Å². The zero-order valence-corrected chi connectivity index (χ0v) is 22.3. The molecule has 31 heavy (non-hydrogen) atoms. The molecular weight excluding hydrogens is 440 g/mol. The van der Waals surface area contributed by atoms with Crippen molar-refractivity contribution in [2.24, 2.45) is 0 Å². The second-order valence-electron chi connectivity index (χ2n) is 8.79. The third-order valence-electron chi connectivity index (χ3n) is 5.54. The summed E-state index contributed by atoms with van der Waals surface area (Å²) in [4.78, 5) is 11.9. The molecule has 0 N–H and O–H groups in total. The molecule has 0 spiro atoms. The molecule has 1 aromatic rings. The van der Waals surface area contributed by atoms with E-state index in [0.29, 0.717) is 5.56 Å². The fraction of sp³-hybridized carbons (Fsp3) is 0.370. The van der Waals surface area contributed by atoms with Crippen LogP contribution in [-0.4, -0.2) is 11.6 Å². The largest absolute Gasteiger partial charge is 2.00 e. The molecule has 2 saturated carbocycles. The van der Waals surface area contributed by atoms with Crippen molar-refractivity contribution < 1.29 is 43.7 Å². The molecule has 2 nitrogen and oxygen atoms in total. The summed E-state index contributed by atoms with van der Waals surface area (Å²) >= 11 is 0. The van der Waals surface area contributed by atoms with E-state index in [1.165, 1.54) is 41.1 Å². The van der Waals surface area contributed by atoms with Gasteiger partial charge < -0.3 is 17.1 Å². The van der Waals surface area contributed by atoms with Gasteiger partial charge in [0, 0.05) is 0 Å². The van der Waals surface area contributed by atoms with Gasteiger partial charge in [0.05, 0.1) is 5.56 Å². The summed E-state index contributed by atoms with van der Waals surface area (Å²) in [6, 6.07) is 7.61. The minimum Gasteiger partial charge on any atom is -1.00 e. The molecule has 3 rings (SSSR count). The van der Waals surface area contributed by atoms with E-state index in [9.17, 15) is 4.79 Å². The third kappa shape index (κ3) is 9.22. The molecule has 0 aliphatic heterocycles. The Balaban J connectivity index is 0.000000643. The van der Waals surface area contributed by atoms with Gasteiger partial charge in [-0.2, -0.15) is 0 Å². The van der Waals surface area contributed by atoms with Crippen molar-refractivity contribution in [1.82, 2.24) is 0 Å². The Kier molecular flexibility index (Phi) is 13.3. The first-order chi connectivity index (χ1) is 13.5. The first-order valence-corrected chi connectivity index (χ1v) is 10.2. The van der Waals surface area contributed by atoms with E-state index in [1.807, 2.05) is 57.9 Å². The van der Waals surface area contributed by atoms with E-state index in [2.05, 4.69) is 47.5 Å². The second kappa shape index (κ2) is 13.4. The van der Waals surface area contributed by atoms with Gasteiger partial charge >= 0.3 is 27.7 Å². The molecule has 0 amide bonds. The maximum absolute atomic E-state index is 11.9. The van der Waals surface area contributed by atoms with Crippen LogP contribution in [0.2, 0.25) is 0 Å². The van der Waals surface area contributed by atoms with Crippen LogP contribution >= 0.6 is 0 Å². The Morgan fingerprint density at radius 1 is 0.774 bits per heavy atom. The molecule has 0 aromatic heterocycles. The molecule has 2 fully saturated rings. The van der Waals surface area contributed by atoms with Crippen LogP contribution in [0.4, 0.5) is 0 Å². The second-order valence-corrected chi connectivity index (χ2v) is 8.79. The average molecular weight is 474 g/mol. The predicted molar refractivity (Wildman–Crippen MR) is 120 cm³/mol. The quantitative estimate of drug-likeness (QED) is 0.496. The minimum atomic E-state index is -0.453. The standard InChI is InChI=1S/C17H19O2.C10H15.ClH.Ti/c1-17(2,3)19-16(18)15-10-8-14(9-11-15)12-13-6-4-5-7-13;1-6-7(2)9(4)10(5)8(6)3;;/h4-11H,12H2,1-3H3;1-5H3;1H;/q;;;+2/p-1. The van der Waals surface area contributed by atoms with Crippen LogP contribution in [0, 0.1) is 61.2 Å². The molecule has 1 aromatic carbocycles. The van der Waals surface area contributed by atoms with Crippen molar-refractivity contribution in [2.45, 2.75) is 67.4 Å². The summed E-state index contributed by atoms with van der Waals surface area (Å²) in [6.45, 7) is 16.6. The van der Waals surface area contributed by atoms with Crippen LogP contribution in [0.25, 0.3) is 0 Å². The smallest absolute Gasteiger partial charge is 1.00 e. The van der Waals surface area contributed by atoms with Crippen LogP contribution in [0.15, 0.2) is 24.3 Å². The van der Waals surface area contributed by atoms with Crippen LogP contribution in [0.5, 0.6) is 0 Å². The van der Waals surface area contributed by atoms with Gasteiger partial charge in [-0.3, -0.25) is 0 Å². The zero-order valence-electron chi connectivity index (χ0n) is 20.0. The fourth-order valence-electron chi connectivity index (χ4n) is 3.27. The van der Waals surface area contributed by atoms with Gasteiger partial charge in [-0.25, -0.2) is 4.79 Å². The van der Waals surface area contributed by atoms with Crippen LogP contribution in [0.1, 0.15) is 71.3 Å². The average Bonchev–Trinajstić information content (AvgIpc) is 3.22. The Hall–Kier alpha value is -0.306. The van der Waals surface area contributed by atoms with Crippen molar-refractivity contribution in [1.29, 1.82) is 0 Å². The Labute approximate surface area is 213 Å². The molecule has 0 saturated heterocycles. The monoisotopic (exact) mass is 473 g/mol. The van der Waals surface area contributed by atoms with Crippen LogP contribution in [0.3, 0.4) is 0 Å². The predicted octanol–water partition coefficient (Wildman–Crippen LogP) is 3.56. The van der Waals surface area contributed by atoms with Gasteiger partial charge in [-0.1, -0.05) is 46.8 Å². The van der Waals surface area contributed by atoms with Gasteiger partial charge in [0.15, 0.2) is 0 Å². The van der Waals surface area contributed by atoms with Gasteiger partial charge in [-0.15, -0.1) is 0 Å². The third-order valence-corrected chi connectivity index (χ3v) is 5.54. The number of carbonyl (C=O) groups excluding carboxylic acids is 1. The van der Waals surface area contributed by atoms with Gasteiger partial charge in [-0.05, 0) is 106 Å². The summed E-state index contributed by atoms with van der Waals surface area (Å²) in [5.41, 5.74) is 1.34. The first kappa shape index (κ1) is 30.7. The van der Waals surface area contributed by atoms with E-state index in [4.69, 9.17) is 4.74 Å². The number of esters is 1. The van der Waals surface area contributed by atoms with Crippen molar-refractivity contribution >= 4 is 5.97 Å². The summed E-state index contributed by atoms with van der Waals surface area (Å²) in [5, 5.41) is 0. The molecule has 0 heterocycles. The van der Waals surface area contributed by atoms with Crippen molar-refractivity contribution in [3.8, 4) is 0 Å². The number of rotatable bonds is 3. The number of hydrogen-bond donors (Lipinski definition) is 0. The first-order valence-electron chi connectivity index (χ1n) is 10.2. The van der Waals surface area contributed by atoms with E-state index in [-0.39, 0.29) is 40.1 Å². The molecule has 164 valence electrons. The van der Waals surface area contributed by atoms with Crippen molar-refractivity contribution in [3.63, 3.8) is 0 Å². The molecule has 4 heteroatoms. The maximum Gasteiger partial charge on any atom is 2.00 e. The number of benzene rings is 1. The molecular formula is C27H34ClO2Ti+. The molecule has 0 atom stereocenters. The number of ether oxygens (including phenoxy) is 1. The maximum atomic E-state index is 11.9. The molecule has 0 bridgehead atoms. The SMILES string of the molecule is CC(C)(C)OC(=O)c1ccc(C[C]2[CH][CH][CH][CH]2)cc1.C[C]1[C](C)[C](C)[C](C)[C]1C.[Cl-].[Ti+2]. The summed E-state index contributed by atoms with van der Waals surface area (Å²) in [6.07, 6.45) is 9.15. The number of carbonyl (C=O) groups is 1. The summed E-state index contributed by atoms with van der Waals surface area (Å²) in [5.74, 6) is 8.35. The van der Waals surface area contributed by atoms with Crippen molar-refractivity contribution in [3.05, 3.63) is 96.6 Å². The topological polar surface area (TPSA) is 26.3 Å². The van der Waals surface area contributed by atoms with E-state index >= 15 is 0 Å². The van der Waals surface area contributed by atoms with Crippen LogP contribution in [-0.2, 0) is 32.9 Å². The van der Waals surface area contributed by atoms with Gasteiger partial charge in [0.2, 0.25) is 0 Å². The summed E-state index contributed by atoms with van der Waals surface area (Å²) < 4.78 is 5.33. The number of hydrogen-bond acceptors (Lipinski definition) is 2. The molecule has 0 unspecified atom stereocenters. The normalized spacial score (nSPS) is 19.4. The van der Waals surface area contributed by atoms with Gasteiger partial charge in [0.25, 0.3) is 0 Å². The zero-order chi connectivity index (χ0) is 21.8. The Bertz CT molecular complexity index is 601. The fourth-order valence-corrected chi connectivity index (χ4v) is 3.27. The van der Waals surface area contributed by atoms with Crippen molar-refractivity contribution in [2.75, 3.05) is 0 Å². The molecule has 2 aliphatic rings. The number of halogens is 1. The van der Waals surface area contributed by atoms with Crippen LogP contribution < -0.4 is 12.4 Å². The van der Waals surface area contributed by atoms with E-state index in [0.717, 1.165) is 6.42 Å². The molecule has 10 radical (unpaired) electrons. The van der Waals surface area contributed by atoms with E-state index in [1.54, 1.807) is 0 Å². The Morgan fingerprint density at radius 3 is 1.52 bits per heavy atom. The summed E-state index contributed by atoms with van der Waals surface area (Å²) in [7, 11) is 0. The Morgan fingerprint density at radius 2 is 1.16 bits per heavy atom.